The molecule has 0 saturated heterocycles. The zero-order chi connectivity index (χ0) is 20.0. The number of phenols is 1. The van der Waals surface area contributed by atoms with Gasteiger partial charge in [-0.25, -0.2) is 0 Å². The van der Waals surface area contributed by atoms with Gasteiger partial charge in [-0.15, -0.1) is 0 Å². The molecule has 0 bridgehead atoms. The lowest BCUT2D eigenvalue weighted by Gasteiger charge is -2.16. The minimum absolute atomic E-state index is 0.0336. The van der Waals surface area contributed by atoms with E-state index < -0.39 is 16.9 Å². The van der Waals surface area contributed by atoms with E-state index in [0.717, 1.165) is 0 Å². The molecule has 3 aromatic rings. The molecule has 28 heavy (non-hydrogen) atoms. The Hall–Kier alpha value is -3.75. The molecule has 1 aliphatic rings. The van der Waals surface area contributed by atoms with Crippen LogP contribution in [-0.4, -0.2) is 38.3 Å². The molecule has 2 heterocycles. The van der Waals surface area contributed by atoms with Crippen molar-refractivity contribution in [3.63, 3.8) is 0 Å². The lowest BCUT2D eigenvalue weighted by molar-refractivity contribution is 0.174. The predicted molar refractivity (Wildman–Crippen MR) is 97.0 cm³/mol. The minimum Gasteiger partial charge on any atom is -0.504 e. The topological polar surface area (TPSA) is 117 Å². The molecule has 9 nitrogen and oxygen atoms in total. The summed E-state index contributed by atoms with van der Waals surface area (Å²) < 4.78 is 32.1. The molecule has 146 valence electrons. The van der Waals surface area contributed by atoms with Gasteiger partial charge in [-0.2, -0.15) is 0 Å². The Labute approximate surface area is 158 Å². The number of phenolic OH excluding ortho intramolecular Hbond substituents is 1. The summed E-state index contributed by atoms with van der Waals surface area (Å²) >= 11 is 0. The minimum atomic E-state index is -0.856. The van der Waals surface area contributed by atoms with Gasteiger partial charge in [0.15, 0.2) is 28.6 Å². The highest BCUT2D eigenvalue weighted by Gasteiger charge is 2.29. The molecular formula is C19H16O9. The molecule has 0 unspecified atom stereocenters. The number of benzene rings is 2. The Balaban J connectivity index is 2.08. The fraction of sp³-hybridized carbons (Fsp3) is 0.211. The van der Waals surface area contributed by atoms with Gasteiger partial charge in [0, 0.05) is 5.56 Å². The van der Waals surface area contributed by atoms with Crippen LogP contribution >= 0.6 is 0 Å². The maximum atomic E-state index is 12.8. The molecule has 1 aromatic heterocycles. The normalized spacial score (nSPS) is 12.2. The monoisotopic (exact) mass is 388 g/mol. The van der Waals surface area contributed by atoms with Crippen LogP contribution in [0.4, 0.5) is 0 Å². The van der Waals surface area contributed by atoms with E-state index in [2.05, 4.69) is 0 Å². The van der Waals surface area contributed by atoms with Gasteiger partial charge in [0.2, 0.25) is 35.2 Å². The van der Waals surface area contributed by atoms with Gasteiger partial charge in [-0.3, -0.25) is 4.79 Å². The quantitative estimate of drug-likeness (QED) is 0.695. The summed E-state index contributed by atoms with van der Waals surface area (Å²) in [5.41, 5.74) is -0.587. The van der Waals surface area contributed by atoms with Crippen LogP contribution in [0.25, 0.3) is 22.3 Å². The Morgan fingerprint density at radius 1 is 0.893 bits per heavy atom. The maximum absolute atomic E-state index is 12.8. The van der Waals surface area contributed by atoms with E-state index in [9.17, 15) is 15.0 Å². The first-order valence-electron chi connectivity index (χ1n) is 8.12. The van der Waals surface area contributed by atoms with Crippen molar-refractivity contribution in [1.82, 2.24) is 0 Å². The van der Waals surface area contributed by atoms with Crippen LogP contribution in [0.3, 0.4) is 0 Å². The van der Waals surface area contributed by atoms with Crippen molar-refractivity contribution < 1.29 is 38.3 Å². The lowest BCUT2D eigenvalue weighted by atomic mass is 10.1. The molecule has 2 N–H and O–H groups in total. The summed E-state index contributed by atoms with van der Waals surface area (Å²) in [6.07, 6.45) is 0. The average molecular weight is 388 g/mol. The first-order chi connectivity index (χ1) is 13.5. The van der Waals surface area contributed by atoms with E-state index in [1.165, 1.54) is 21.3 Å². The van der Waals surface area contributed by atoms with Crippen LogP contribution in [0.15, 0.2) is 27.4 Å². The van der Waals surface area contributed by atoms with Gasteiger partial charge in [-0.05, 0) is 18.2 Å². The van der Waals surface area contributed by atoms with Crippen molar-refractivity contribution >= 4 is 11.0 Å². The number of aromatic hydroxyl groups is 2. The molecule has 0 radical (unpaired) electrons. The fourth-order valence-electron chi connectivity index (χ4n) is 3.12. The molecule has 0 spiro atoms. The second kappa shape index (κ2) is 6.45. The Kier molecular flexibility index (Phi) is 4.07. The largest absolute Gasteiger partial charge is 0.504 e. The van der Waals surface area contributed by atoms with Gasteiger partial charge in [0.05, 0.1) is 21.3 Å². The summed E-state index contributed by atoms with van der Waals surface area (Å²) in [5.74, 6) is -0.399. The first-order valence-corrected chi connectivity index (χ1v) is 8.12. The molecule has 0 atom stereocenters. The number of fused-ring (bicyclic) bond motifs is 2. The van der Waals surface area contributed by atoms with Crippen molar-refractivity contribution in [3.05, 3.63) is 28.4 Å². The van der Waals surface area contributed by atoms with E-state index in [4.69, 9.17) is 28.1 Å². The van der Waals surface area contributed by atoms with Gasteiger partial charge in [0.1, 0.15) is 5.39 Å². The van der Waals surface area contributed by atoms with E-state index in [-0.39, 0.29) is 40.8 Å². The van der Waals surface area contributed by atoms with Gasteiger partial charge in [0.25, 0.3) is 0 Å². The van der Waals surface area contributed by atoms with Gasteiger partial charge >= 0.3 is 0 Å². The molecule has 0 amide bonds. The van der Waals surface area contributed by atoms with Gasteiger partial charge in [-0.1, -0.05) is 0 Å². The van der Waals surface area contributed by atoms with E-state index >= 15 is 0 Å². The second-order valence-electron chi connectivity index (χ2n) is 5.83. The van der Waals surface area contributed by atoms with Crippen LogP contribution < -0.4 is 29.1 Å². The summed E-state index contributed by atoms with van der Waals surface area (Å²) in [6, 6.07) is 4.80. The van der Waals surface area contributed by atoms with Gasteiger partial charge < -0.3 is 38.3 Å². The van der Waals surface area contributed by atoms with E-state index in [1.54, 1.807) is 18.2 Å². The zero-order valence-electron chi connectivity index (χ0n) is 15.2. The van der Waals surface area contributed by atoms with Crippen molar-refractivity contribution in [1.29, 1.82) is 0 Å². The third-order valence-electron chi connectivity index (χ3n) is 4.41. The predicted octanol–water partition coefficient (Wildman–Crippen LogP) is 2.63. The molecule has 0 saturated carbocycles. The van der Waals surface area contributed by atoms with Crippen LogP contribution in [-0.2, 0) is 0 Å². The molecule has 0 aliphatic carbocycles. The fourth-order valence-corrected chi connectivity index (χ4v) is 3.12. The summed E-state index contributed by atoms with van der Waals surface area (Å²) in [6.45, 7) is 0.0745. The number of ether oxygens (including phenoxy) is 5. The maximum Gasteiger partial charge on any atom is 0.239 e. The number of hydrogen-bond acceptors (Lipinski definition) is 9. The highest BCUT2D eigenvalue weighted by atomic mass is 16.7. The van der Waals surface area contributed by atoms with Crippen molar-refractivity contribution in [2.75, 3.05) is 28.1 Å². The van der Waals surface area contributed by atoms with Crippen LogP contribution in [0.1, 0.15) is 0 Å². The molecule has 4 rings (SSSR count). The smallest absolute Gasteiger partial charge is 0.239 e. The van der Waals surface area contributed by atoms with Crippen molar-refractivity contribution in [2.24, 2.45) is 0 Å². The number of rotatable bonds is 4. The zero-order valence-corrected chi connectivity index (χ0v) is 15.2. The Morgan fingerprint density at radius 3 is 2.25 bits per heavy atom. The average Bonchev–Trinajstić information content (AvgIpc) is 3.17. The van der Waals surface area contributed by atoms with Crippen LogP contribution in [0, 0.1) is 0 Å². The molecular weight excluding hydrogens is 372 g/mol. The van der Waals surface area contributed by atoms with Crippen LogP contribution in [0.2, 0.25) is 0 Å². The lowest BCUT2D eigenvalue weighted by Crippen LogP contribution is -2.06. The van der Waals surface area contributed by atoms with E-state index in [0.29, 0.717) is 17.1 Å². The molecule has 2 aromatic carbocycles. The highest BCUT2D eigenvalue weighted by molar-refractivity contribution is 5.96. The van der Waals surface area contributed by atoms with E-state index in [1.807, 2.05) is 0 Å². The molecule has 0 fully saturated rings. The standard InChI is InChI=1S/C19H16O9/c1-23-17-13(21)11-12(20)14(22)15(28-16(11)18(24-2)19(17)25-3)8-4-5-9-10(6-8)27-7-26-9/h4-6,21-22H,7H2,1-3H3. The van der Waals surface area contributed by atoms with Crippen molar-refractivity contribution in [2.45, 2.75) is 0 Å². The van der Waals surface area contributed by atoms with Crippen molar-refractivity contribution in [3.8, 4) is 51.6 Å². The first kappa shape index (κ1) is 17.7. The second-order valence-corrected chi connectivity index (χ2v) is 5.83. The number of methoxy groups -OCH3 is 3. The third kappa shape index (κ3) is 2.36. The highest BCUT2D eigenvalue weighted by Crippen LogP contribution is 2.51. The Bertz CT molecular complexity index is 1150. The summed E-state index contributed by atoms with van der Waals surface area (Å²) in [7, 11) is 4.00. The third-order valence-corrected chi connectivity index (χ3v) is 4.41. The summed E-state index contributed by atoms with van der Waals surface area (Å²) in [4.78, 5) is 12.8. The molecule has 1 aliphatic heterocycles. The number of hydrogen-bond donors (Lipinski definition) is 2. The Morgan fingerprint density at radius 2 is 1.57 bits per heavy atom. The molecule has 9 heteroatoms. The SMILES string of the molecule is COc1c(OC)c(O)c2c(=O)c(O)c(-c3ccc4c(c3)OCO4)oc2c1OC. The van der Waals surface area contributed by atoms with Crippen LogP contribution in [0.5, 0.6) is 40.2 Å². The summed E-state index contributed by atoms with van der Waals surface area (Å²) in [5, 5.41) is 20.7.